The van der Waals surface area contributed by atoms with Crippen molar-refractivity contribution >= 4 is 33.0 Å². The van der Waals surface area contributed by atoms with Gasteiger partial charge in [0.05, 0.1) is 27.4 Å². The van der Waals surface area contributed by atoms with Crippen LogP contribution >= 0.6 is 11.6 Å². The highest BCUT2D eigenvalue weighted by Gasteiger charge is 2.63. The molecule has 3 aliphatic rings. The molecule has 3 fully saturated rings. The summed E-state index contributed by atoms with van der Waals surface area (Å²) in [5.74, 6) is -6.84. The summed E-state index contributed by atoms with van der Waals surface area (Å²) in [7, 11) is -4.08. The molecule has 1 amide bonds. The van der Waals surface area contributed by atoms with Gasteiger partial charge in [-0.15, -0.1) is 0 Å². The van der Waals surface area contributed by atoms with Gasteiger partial charge in [-0.25, -0.2) is 21.6 Å². The molecule has 30 heavy (non-hydrogen) atoms. The Kier molecular flexibility index (Phi) is 5.08. The molecule has 11 heteroatoms. The Balaban J connectivity index is 1.63. The van der Waals surface area contributed by atoms with Gasteiger partial charge in [0, 0.05) is 35.2 Å². The van der Waals surface area contributed by atoms with Crippen LogP contribution in [0, 0.1) is 29.3 Å². The minimum absolute atomic E-state index is 0.152. The molecule has 0 aromatic heterocycles. The molecule has 0 saturated heterocycles. The molecule has 160 valence electrons. The second kappa shape index (κ2) is 7.23. The smallest absolute Gasteiger partial charge is 0.255 e. The number of rotatable bonds is 4. The molecule has 3 saturated carbocycles. The van der Waals surface area contributed by atoms with E-state index in [2.05, 4.69) is 5.32 Å². The van der Waals surface area contributed by atoms with Gasteiger partial charge in [-0.1, -0.05) is 11.6 Å². The second-order valence-corrected chi connectivity index (χ2v) is 9.89. The first kappa shape index (κ1) is 21.1. The SMILES string of the molecule is O=C(Nc1cc(F)c(F)c(F)c1)c1ccc(Cl)c(S(=O)(=O)[C@H]2C3CC2[C@H](O)[C@@H]3O)c1. The molecule has 0 aliphatic heterocycles. The van der Waals surface area contributed by atoms with Gasteiger partial charge in [0.2, 0.25) is 0 Å². The Labute approximate surface area is 174 Å². The summed E-state index contributed by atoms with van der Waals surface area (Å²) in [6, 6.07) is 4.58. The van der Waals surface area contributed by atoms with Crippen molar-refractivity contribution < 1.29 is 36.6 Å². The zero-order chi connectivity index (χ0) is 22.0. The lowest BCUT2D eigenvalue weighted by atomic mass is 9.83. The second-order valence-electron chi connectivity index (χ2n) is 7.41. The lowest BCUT2D eigenvalue weighted by Crippen LogP contribution is -2.43. The number of carbonyl (C=O) groups excluding carboxylic acids is 1. The minimum Gasteiger partial charge on any atom is -0.390 e. The van der Waals surface area contributed by atoms with Crippen LogP contribution < -0.4 is 5.32 Å². The zero-order valence-electron chi connectivity index (χ0n) is 15.0. The topological polar surface area (TPSA) is 104 Å². The highest BCUT2D eigenvalue weighted by Crippen LogP contribution is 2.54. The van der Waals surface area contributed by atoms with E-state index in [1.54, 1.807) is 0 Å². The fourth-order valence-electron chi connectivity index (χ4n) is 4.18. The number of anilines is 1. The maximum absolute atomic E-state index is 13.3. The van der Waals surface area contributed by atoms with Gasteiger partial charge in [0.15, 0.2) is 27.3 Å². The van der Waals surface area contributed by atoms with Gasteiger partial charge in [-0.05, 0) is 24.6 Å². The van der Waals surface area contributed by atoms with Gasteiger partial charge in [0.25, 0.3) is 5.91 Å². The van der Waals surface area contributed by atoms with Crippen LogP contribution in [0.2, 0.25) is 5.02 Å². The maximum Gasteiger partial charge on any atom is 0.255 e. The van der Waals surface area contributed by atoms with Crippen molar-refractivity contribution in [3.05, 3.63) is 58.4 Å². The summed E-state index contributed by atoms with van der Waals surface area (Å²) >= 11 is 6.04. The normalized spacial score (nSPS) is 27.6. The number of amides is 1. The van der Waals surface area contributed by atoms with Crippen molar-refractivity contribution in [1.29, 1.82) is 0 Å². The van der Waals surface area contributed by atoms with E-state index in [1.165, 1.54) is 12.1 Å². The molecular weight excluding hydrogens is 447 g/mol. The summed E-state index contributed by atoms with van der Waals surface area (Å²) in [4.78, 5) is 12.1. The van der Waals surface area contributed by atoms with E-state index in [0.29, 0.717) is 18.6 Å². The average Bonchev–Trinajstić information content (AvgIpc) is 3.06. The van der Waals surface area contributed by atoms with Crippen molar-refractivity contribution in [1.82, 2.24) is 0 Å². The number of carbonyl (C=O) groups is 1. The third kappa shape index (κ3) is 3.18. The number of nitrogens with one attached hydrogen (secondary N) is 1. The number of halogens is 4. The van der Waals surface area contributed by atoms with Crippen LogP contribution in [-0.4, -0.2) is 42.0 Å². The number of benzene rings is 2. The van der Waals surface area contributed by atoms with Gasteiger partial charge in [-0.2, -0.15) is 0 Å². The number of aliphatic hydroxyl groups is 2. The van der Waals surface area contributed by atoms with Crippen LogP contribution in [0.15, 0.2) is 35.2 Å². The summed E-state index contributed by atoms with van der Waals surface area (Å²) in [5.41, 5.74) is -0.532. The number of hydrogen-bond donors (Lipinski definition) is 3. The number of fused-ring (bicyclic) bond motifs is 1. The van der Waals surface area contributed by atoms with Crippen molar-refractivity contribution in [3.8, 4) is 0 Å². The molecule has 5 atom stereocenters. The fourth-order valence-corrected chi connectivity index (χ4v) is 7.01. The van der Waals surface area contributed by atoms with Gasteiger partial charge in [0.1, 0.15) is 0 Å². The Morgan fingerprint density at radius 3 is 2.13 bits per heavy atom. The number of hydrogen-bond acceptors (Lipinski definition) is 5. The first-order chi connectivity index (χ1) is 14.0. The van der Waals surface area contributed by atoms with Crippen molar-refractivity contribution in [2.24, 2.45) is 11.8 Å². The first-order valence-electron chi connectivity index (χ1n) is 8.88. The molecule has 6 nitrogen and oxygen atoms in total. The van der Waals surface area contributed by atoms with Crippen LogP contribution in [0.5, 0.6) is 0 Å². The summed E-state index contributed by atoms with van der Waals surface area (Å²) in [6.07, 6.45) is -1.93. The molecule has 5 rings (SSSR count). The average molecular weight is 462 g/mol. The third-order valence-electron chi connectivity index (χ3n) is 5.72. The lowest BCUT2D eigenvalue weighted by molar-refractivity contribution is 0.0396. The summed E-state index contributed by atoms with van der Waals surface area (Å²) < 4.78 is 65.9. The Morgan fingerprint density at radius 2 is 1.60 bits per heavy atom. The highest BCUT2D eigenvalue weighted by molar-refractivity contribution is 7.92. The van der Waals surface area contributed by atoms with Crippen molar-refractivity contribution in [2.75, 3.05) is 5.32 Å². The Hall–Kier alpha value is -2.14. The van der Waals surface area contributed by atoms with Crippen LogP contribution in [0.3, 0.4) is 0 Å². The van der Waals surface area contributed by atoms with Crippen LogP contribution in [0.4, 0.5) is 18.9 Å². The van der Waals surface area contributed by atoms with E-state index in [-0.39, 0.29) is 21.2 Å². The largest absolute Gasteiger partial charge is 0.390 e. The van der Waals surface area contributed by atoms with Crippen molar-refractivity contribution in [3.63, 3.8) is 0 Å². The van der Waals surface area contributed by atoms with Gasteiger partial charge in [-0.3, -0.25) is 4.79 Å². The quantitative estimate of drug-likeness (QED) is 0.607. The molecule has 3 aliphatic carbocycles. The number of aliphatic hydroxyl groups excluding tert-OH is 2. The molecule has 3 N–H and O–H groups in total. The molecule has 2 bridgehead atoms. The molecule has 0 heterocycles. The maximum atomic E-state index is 13.3. The van der Waals surface area contributed by atoms with Crippen molar-refractivity contribution in [2.45, 2.75) is 28.8 Å². The zero-order valence-corrected chi connectivity index (χ0v) is 16.6. The molecule has 2 aromatic rings. The van der Waals surface area contributed by atoms with E-state index in [4.69, 9.17) is 11.6 Å². The molecule has 0 spiro atoms. The van der Waals surface area contributed by atoms with E-state index in [1.807, 2.05) is 0 Å². The van der Waals surface area contributed by atoms with E-state index >= 15 is 0 Å². The third-order valence-corrected chi connectivity index (χ3v) is 8.52. The molecule has 2 unspecified atom stereocenters. The Bertz CT molecular complexity index is 1120. The summed E-state index contributed by atoms with van der Waals surface area (Å²) in [6.45, 7) is 0. The highest BCUT2D eigenvalue weighted by atomic mass is 35.5. The van der Waals surface area contributed by atoms with Gasteiger partial charge >= 0.3 is 0 Å². The minimum atomic E-state index is -4.08. The monoisotopic (exact) mass is 461 g/mol. The number of sulfone groups is 1. The molecule has 2 aromatic carbocycles. The predicted octanol–water partition coefficient (Wildman–Crippen LogP) is 2.52. The lowest BCUT2D eigenvalue weighted by Gasteiger charge is -2.35. The van der Waals surface area contributed by atoms with E-state index in [0.717, 1.165) is 6.07 Å². The molecule has 0 radical (unpaired) electrons. The first-order valence-corrected chi connectivity index (χ1v) is 10.8. The summed E-state index contributed by atoms with van der Waals surface area (Å²) in [5, 5.41) is 20.8. The van der Waals surface area contributed by atoms with Crippen LogP contribution in [0.25, 0.3) is 0 Å². The van der Waals surface area contributed by atoms with Crippen LogP contribution in [-0.2, 0) is 9.84 Å². The van der Waals surface area contributed by atoms with Gasteiger partial charge < -0.3 is 15.5 Å². The molecular formula is C19H15ClF3NO5S. The van der Waals surface area contributed by atoms with Crippen LogP contribution in [0.1, 0.15) is 16.8 Å². The van der Waals surface area contributed by atoms with E-state index < -0.39 is 62.5 Å². The van der Waals surface area contributed by atoms with E-state index in [9.17, 15) is 36.6 Å². The standard InChI is InChI=1S/C19H15ClF3NO5S/c20-11-2-1-7(19(27)24-8-4-12(21)15(23)13(22)5-8)3-14(11)30(28,29)18-9-6-10(18)17(26)16(9)25/h1-5,9-10,16-18,25-26H,6H2,(H,24,27)/t9?,10?,16-,17+,18+. The fraction of sp³-hybridized carbons (Fsp3) is 0.316. The Morgan fingerprint density at radius 1 is 1.03 bits per heavy atom. The predicted molar refractivity (Wildman–Crippen MR) is 100 cm³/mol.